The first-order valence-corrected chi connectivity index (χ1v) is 7.52. The van der Waals surface area contributed by atoms with Crippen LogP contribution in [0, 0.1) is 11.3 Å². The Balaban J connectivity index is 2.24. The van der Waals surface area contributed by atoms with Gasteiger partial charge in [-0.3, -0.25) is 0 Å². The number of rotatable bonds is 4. The van der Waals surface area contributed by atoms with E-state index in [-0.39, 0.29) is 6.10 Å². The molecule has 0 atom stereocenters. The second-order valence-electron chi connectivity index (χ2n) is 4.91. The molecule has 106 valence electrons. The highest BCUT2D eigenvalue weighted by molar-refractivity contribution is 9.10. The van der Waals surface area contributed by atoms with Crippen molar-refractivity contribution in [1.29, 1.82) is 5.26 Å². The highest BCUT2D eigenvalue weighted by Gasteiger charge is 2.02. The minimum atomic E-state index is 0.156. The van der Waals surface area contributed by atoms with Crippen LogP contribution >= 0.6 is 15.9 Å². The number of ether oxygens (including phenoxy) is 1. The maximum atomic E-state index is 9.33. The molecule has 21 heavy (non-hydrogen) atoms. The summed E-state index contributed by atoms with van der Waals surface area (Å²) >= 11 is 3.39. The number of nitrogens with zero attached hydrogens (tertiary/aromatic N) is 1. The van der Waals surface area contributed by atoms with Crippen LogP contribution in [0.15, 0.2) is 53.0 Å². The quantitative estimate of drug-likeness (QED) is 0.558. The molecule has 0 fully saturated rings. The lowest BCUT2D eigenvalue weighted by atomic mass is 10.0. The highest BCUT2D eigenvalue weighted by Crippen LogP contribution is 2.21. The van der Waals surface area contributed by atoms with E-state index in [0.717, 1.165) is 21.3 Å². The van der Waals surface area contributed by atoms with Crippen molar-refractivity contribution in [1.82, 2.24) is 0 Å². The van der Waals surface area contributed by atoms with Crippen LogP contribution in [0.3, 0.4) is 0 Å². The lowest BCUT2D eigenvalue weighted by molar-refractivity contribution is 0.242. The average molecular weight is 342 g/mol. The number of halogens is 1. The molecule has 2 nitrogen and oxygen atoms in total. The third-order valence-corrected chi connectivity index (χ3v) is 3.37. The van der Waals surface area contributed by atoms with Crippen molar-refractivity contribution in [3.8, 4) is 11.8 Å². The molecule has 0 N–H and O–H groups in total. The SMILES string of the molecule is CC(C)Oc1ccc(/C=C(\C#N)c2ccc(Br)cc2)cc1. The summed E-state index contributed by atoms with van der Waals surface area (Å²) in [4.78, 5) is 0. The van der Waals surface area contributed by atoms with E-state index in [0.29, 0.717) is 5.57 Å². The van der Waals surface area contributed by atoms with Gasteiger partial charge in [0.2, 0.25) is 0 Å². The van der Waals surface area contributed by atoms with Crippen LogP contribution in [-0.2, 0) is 0 Å². The second-order valence-corrected chi connectivity index (χ2v) is 5.83. The van der Waals surface area contributed by atoms with Gasteiger partial charge in [-0.25, -0.2) is 0 Å². The van der Waals surface area contributed by atoms with E-state index in [1.165, 1.54) is 0 Å². The minimum Gasteiger partial charge on any atom is -0.491 e. The summed E-state index contributed by atoms with van der Waals surface area (Å²) in [5, 5.41) is 9.33. The Labute approximate surface area is 133 Å². The monoisotopic (exact) mass is 341 g/mol. The molecule has 0 radical (unpaired) electrons. The number of nitriles is 1. The van der Waals surface area contributed by atoms with Gasteiger partial charge in [0.1, 0.15) is 5.75 Å². The predicted molar refractivity (Wildman–Crippen MR) is 89.8 cm³/mol. The second kappa shape index (κ2) is 7.10. The van der Waals surface area contributed by atoms with Crippen molar-refractivity contribution < 1.29 is 4.74 Å². The van der Waals surface area contributed by atoms with Crippen molar-refractivity contribution in [3.05, 3.63) is 64.1 Å². The molecule has 0 heterocycles. The van der Waals surface area contributed by atoms with E-state index in [1.54, 1.807) is 0 Å². The van der Waals surface area contributed by atoms with Gasteiger partial charge in [-0.1, -0.05) is 40.2 Å². The van der Waals surface area contributed by atoms with E-state index < -0.39 is 0 Å². The molecule has 0 aromatic heterocycles. The summed E-state index contributed by atoms with van der Waals surface area (Å²) in [5.41, 5.74) is 2.52. The van der Waals surface area contributed by atoms with Gasteiger partial charge in [-0.2, -0.15) is 5.26 Å². The average Bonchev–Trinajstić information content (AvgIpc) is 2.47. The summed E-state index contributed by atoms with van der Waals surface area (Å²) in [6, 6.07) is 17.7. The van der Waals surface area contributed by atoms with E-state index in [4.69, 9.17) is 4.74 Å². The summed E-state index contributed by atoms with van der Waals surface area (Å²) in [5.74, 6) is 0.837. The van der Waals surface area contributed by atoms with Gasteiger partial charge in [0, 0.05) is 4.47 Å². The number of benzene rings is 2. The first-order valence-electron chi connectivity index (χ1n) is 6.73. The fourth-order valence-corrected chi connectivity index (χ4v) is 2.16. The van der Waals surface area contributed by atoms with Gasteiger partial charge in [-0.15, -0.1) is 0 Å². The lowest BCUT2D eigenvalue weighted by Gasteiger charge is -2.09. The van der Waals surface area contributed by atoms with Crippen molar-refractivity contribution in [2.45, 2.75) is 20.0 Å². The molecular formula is C18H16BrNO. The molecule has 0 aliphatic carbocycles. The van der Waals surface area contributed by atoms with Crippen LogP contribution in [-0.4, -0.2) is 6.10 Å². The molecule has 0 unspecified atom stereocenters. The summed E-state index contributed by atoms with van der Waals surface area (Å²) < 4.78 is 6.61. The molecule has 0 amide bonds. The molecular weight excluding hydrogens is 326 g/mol. The zero-order valence-corrected chi connectivity index (χ0v) is 13.6. The van der Waals surface area contributed by atoms with Crippen molar-refractivity contribution in [3.63, 3.8) is 0 Å². The van der Waals surface area contributed by atoms with Crippen LogP contribution in [0.25, 0.3) is 11.6 Å². The van der Waals surface area contributed by atoms with Crippen molar-refractivity contribution >= 4 is 27.6 Å². The van der Waals surface area contributed by atoms with E-state index in [2.05, 4.69) is 22.0 Å². The molecule has 0 spiro atoms. The minimum absolute atomic E-state index is 0.156. The van der Waals surface area contributed by atoms with Gasteiger partial charge in [0.05, 0.1) is 17.7 Å². The molecule has 0 saturated heterocycles. The topological polar surface area (TPSA) is 33.0 Å². The smallest absolute Gasteiger partial charge is 0.119 e. The normalized spacial score (nSPS) is 11.3. The largest absolute Gasteiger partial charge is 0.491 e. The number of hydrogen-bond acceptors (Lipinski definition) is 2. The van der Waals surface area contributed by atoms with E-state index >= 15 is 0 Å². The Kier molecular flexibility index (Phi) is 5.19. The molecule has 0 saturated carbocycles. The Morgan fingerprint density at radius 3 is 2.24 bits per heavy atom. The molecule has 0 aliphatic heterocycles. The van der Waals surface area contributed by atoms with Gasteiger partial charge >= 0.3 is 0 Å². The lowest BCUT2D eigenvalue weighted by Crippen LogP contribution is -2.05. The number of allylic oxidation sites excluding steroid dienone is 1. The Hall–Kier alpha value is -2.05. The van der Waals surface area contributed by atoms with Crippen LogP contribution in [0.4, 0.5) is 0 Å². The van der Waals surface area contributed by atoms with Gasteiger partial charge in [0.15, 0.2) is 0 Å². The maximum Gasteiger partial charge on any atom is 0.119 e. The molecule has 2 rings (SSSR count). The van der Waals surface area contributed by atoms with E-state index in [1.807, 2.05) is 68.5 Å². The fourth-order valence-electron chi connectivity index (χ4n) is 1.89. The summed E-state index contributed by atoms with van der Waals surface area (Å²) in [6.45, 7) is 3.99. The zero-order valence-electron chi connectivity index (χ0n) is 12.0. The molecule has 2 aromatic rings. The van der Waals surface area contributed by atoms with E-state index in [9.17, 15) is 5.26 Å². The van der Waals surface area contributed by atoms with Crippen molar-refractivity contribution in [2.75, 3.05) is 0 Å². The van der Waals surface area contributed by atoms with Gasteiger partial charge < -0.3 is 4.74 Å². The Morgan fingerprint density at radius 2 is 1.71 bits per heavy atom. The Bertz CT molecular complexity index is 664. The first-order chi connectivity index (χ1) is 10.1. The first kappa shape index (κ1) is 15.3. The van der Waals surface area contributed by atoms with Crippen molar-refractivity contribution in [2.24, 2.45) is 0 Å². The van der Waals surface area contributed by atoms with Gasteiger partial charge in [0.25, 0.3) is 0 Å². The molecule has 2 aromatic carbocycles. The highest BCUT2D eigenvalue weighted by atomic mass is 79.9. The number of hydrogen-bond donors (Lipinski definition) is 0. The van der Waals surface area contributed by atoms with Crippen LogP contribution in [0.2, 0.25) is 0 Å². The van der Waals surface area contributed by atoms with Crippen LogP contribution in [0.5, 0.6) is 5.75 Å². The third kappa shape index (κ3) is 4.47. The maximum absolute atomic E-state index is 9.33. The van der Waals surface area contributed by atoms with Crippen LogP contribution < -0.4 is 4.74 Å². The third-order valence-electron chi connectivity index (χ3n) is 2.84. The summed E-state index contributed by atoms with van der Waals surface area (Å²) in [6.07, 6.45) is 2.03. The van der Waals surface area contributed by atoms with Crippen LogP contribution in [0.1, 0.15) is 25.0 Å². The molecule has 0 aliphatic rings. The molecule has 3 heteroatoms. The Morgan fingerprint density at radius 1 is 1.10 bits per heavy atom. The molecule has 0 bridgehead atoms. The zero-order chi connectivity index (χ0) is 15.2. The predicted octanol–water partition coefficient (Wildman–Crippen LogP) is 5.30. The fraction of sp³-hybridized carbons (Fsp3) is 0.167. The van der Waals surface area contributed by atoms with Gasteiger partial charge in [-0.05, 0) is 55.3 Å². The summed E-state index contributed by atoms with van der Waals surface area (Å²) in [7, 11) is 0. The standard InChI is InChI=1S/C18H16BrNO/c1-13(2)21-18-9-3-14(4-10-18)11-16(12-20)15-5-7-17(19)8-6-15/h3-11,13H,1-2H3/b16-11+.